The Morgan fingerprint density at radius 3 is 1.33 bits per heavy atom. The summed E-state index contributed by atoms with van der Waals surface area (Å²) in [7, 11) is 0. The molecule has 0 aliphatic carbocycles. The molecule has 0 unspecified atom stereocenters. The van der Waals surface area contributed by atoms with Crippen LogP contribution in [0.25, 0.3) is 0 Å². The van der Waals surface area contributed by atoms with Crippen LogP contribution in [0, 0.1) is 0 Å². The monoisotopic (exact) mass is 206 g/mol. The quantitative estimate of drug-likeness (QED) is 0.357. The van der Waals surface area contributed by atoms with Crippen LogP contribution in [0.4, 0.5) is 0 Å². The Hall–Kier alpha value is 0.429. The third kappa shape index (κ3) is 1890. The molecule has 0 aromatic heterocycles. The van der Waals surface area contributed by atoms with Crippen molar-refractivity contribution in [3.63, 3.8) is 0 Å². The molecule has 1 radical (unpaired) electrons. The molecule has 0 spiro atoms. The second-order valence-corrected chi connectivity index (χ2v) is 2.22. The van der Waals surface area contributed by atoms with Gasteiger partial charge in [-0.15, -0.1) is 12.6 Å². The van der Waals surface area contributed by atoms with Gasteiger partial charge in [0.15, 0.2) is 5.12 Å². The molecule has 0 atom stereocenters. The first-order valence-corrected chi connectivity index (χ1v) is 2.69. The van der Waals surface area contributed by atoms with E-state index in [1.165, 1.54) is 13.8 Å². The van der Waals surface area contributed by atoms with Gasteiger partial charge in [-0.25, -0.2) is 0 Å². The number of thiol groups is 1. The van der Waals surface area contributed by atoms with Crippen LogP contribution in [-0.2, 0) is 39.3 Å². The predicted molar refractivity (Wildman–Crippen MR) is 37.7 cm³/mol. The normalized spacial score (nSPS) is 5.67. The molecule has 0 rings (SSSR count). The molecule has 0 amide bonds. The summed E-state index contributed by atoms with van der Waals surface area (Å²) < 4.78 is 0. The van der Waals surface area contributed by atoms with Crippen molar-refractivity contribution in [1.82, 2.24) is 0 Å². The molecule has 0 fully saturated rings. The number of rotatable bonds is 0. The molecule has 0 saturated heterocycles. The Labute approximate surface area is 76.1 Å². The molecule has 0 N–H and O–H groups in total. The fraction of sp³-hybridized carbons (Fsp3) is 0.500. The van der Waals surface area contributed by atoms with Gasteiger partial charge in [-0.2, -0.15) is 0 Å². The van der Waals surface area contributed by atoms with Crippen molar-refractivity contribution < 1.29 is 26.7 Å². The summed E-state index contributed by atoms with van der Waals surface area (Å²) in [6.45, 7) is 2.73. The van der Waals surface area contributed by atoms with Crippen LogP contribution >= 0.6 is 12.6 Å². The maximum absolute atomic E-state index is 9.31. The van der Waals surface area contributed by atoms with Crippen molar-refractivity contribution in [3.8, 4) is 0 Å². The van der Waals surface area contributed by atoms with E-state index in [9.17, 15) is 9.59 Å². The third-order valence-corrected chi connectivity index (χ3v) is 0. The average molecular weight is 206 g/mol. The molecule has 0 aliphatic rings. The SMILES string of the molecule is CC(=O)S.CC(=O)[S-].[Mn]. The fourth-order valence-corrected chi connectivity index (χ4v) is 0. The summed E-state index contributed by atoms with van der Waals surface area (Å²) in [6.07, 6.45) is 0. The molecule has 5 heteroatoms. The minimum atomic E-state index is -0.250. The zero-order valence-electron chi connectivity index (χ0n) is 5.05. The van der Waals surface area contributed by atoms with E-state index in [-0.39, 0.29) is 27.3 Å². The largest absolute Gasteiger partial charge is 0.742 e. The van der Waals surface area contributed by atoms with Gasteiger partial charge in [0.1, 0.15) is 0 Å². The first-order chi connectivity index (χ1) is 3.46. The van der Waals surface area contributed by atoms with Gasteiger partial charge in [-0.05, 0) is 6.92 Å². The van der Waals surface area contributed by atoms with Crippen molar-refractivity contribution in [2.75, 3.05) is 0 Å². The molecular formula is C4H7MnO2S2-. The Morgan fingerprint density at radius 2 is 1.33 bits per heavy atom. The molecule has 9 heavy (non-hydrogen) atoms. The number of carbonyl (C=O) groups is 2. The van der Waals surface area contributed by atoms with Gasteiger partial charge in [0.05, 0.1) is 0 Å². The summed E-state index contributed by atoms with van der Waals surface area (Å²) in [5.74, 6) is 0. The maximum Gasteiger partial charge on any atom is 0.182 e. The number of carbonyl (C=O) groups excluding carboxylic acids is 2. The van der Waals surface area contributed by atoms with Crippen LogP contribution < -0.4 is 0 Å². The van der Waals surface area contributed by atoms with E-state index in [4.69, 9.17) is 0 Å². The fourth-order valence-electron chi connectivity index (χ4n) is 0. The molecular weight excluding hydrogens is 199 g/mol. The Kier molecular flexibility index (Phi) is 20.3. The molecule has 0 bridgehead atoms. The van der Waals surface area contributed by atoms with Crippen LogP contribution in [0.5, 0.6) is 0 Å². The third-order valence-electron chi connectivity index (χ3n) is 0. The second-order valence-electron chi connectivity index (χ2n) is 1.01. The van der Waals surface area contributed by atoms with E-state index >= 15 is 0 Å². The van der Waals surface area contributed by atoms with E-state index in [0.29, 0.717) is 0 Å². The first kappa shape index (κ1) is 16.2. The molecule has 2 nitrogen and oxygen atoms in total. The zero-order chi connectivity index (χ0) is 7.15. The van der Waals surface area contributed by atoms with Gasteiger partial charge in [0, 0.05) is 29.1 Å². The topological polar surface area (TPSA) is 34.1 Å². The number of hydrogen-bond acceptors (Lipinski definition) is 3. The van der Waals surface area contributed by atoms with Crippen molar-refractivity contribution in [2.24, 2.45) is 0 Å². The first-order valence-electron chi connectivity index (χ1n) is 1.84. The Balaban J connectivity index is -0.0000000720. The molecule has 0 aromatic carbocycles. The summed E-state index contributed by atoms with van der Waals surface area (Å²) >= 11 is 7.31. The van der Waals surface area contributed by atoms with Gasteiger partial charge >= 0.3 is 0 Å². The van der Waals surface area contributed by atoms with E-state index in [2.05, 4.69) is 25.3 Å². The minimum absolute atomic E-state index is 0. The van der Waals surface area contributed by atoms with Crippen LogP contribution in [-0.4, -0.2) is 10.2 Å². The van der Waals surface area contributed by atoms with E-state index in [0.717, 1.165) is 0 Å². The standard InChI is InChI=1S/2C2H4OS.Mn/c2*1-2(3)4;/h2*1H3,(H,3,4);/p-1. The van der Waals surface area contributed by atoms with Crippen LogP contribution in [0.15, 0.2) is 0 Å². The van der Waals surface area contributed by atoms with Crippen LogP contribution in [0.3, 0.4) is 0 Å². The smallest absolute Gasteiger partial charge is 0.182 e. The van der Waals surface area contributed by atoms with Crippen molar-refractivity contribution >= 4 is 35.5 Å². The van der Waals surface area contributed by atoms with Gasteiger partial charge in [-0.3, -0.25) is 4.79 Å². The average Bonchev–Trinajstić information content (AvgIpc) is 1.25. The van der Waals surface area contributed by atoms with Crippen LogP contribution in [0.2, 0.25) is 0 Å². The van der Waals surface area contributed by atoms with Crippen molar-refractivity contribution in [2.45, 2.75) is 13.8 Å². The van der Waals surface area contributed by atoms with Gasteiger partial charge in [0.25, 0.3) is 0 Å². The molecule has 0 aliphatic heterocycles. The van der Waals surface area contributed by atoms with E-state index < -0.39 is 0 Å². The molecule has 0 saturated carbocycles. The summed E-state index contributed by atoms with van der Waals surface area (Å²) in [6, 6.07) is 0. The maximum atomic E-state index is 9.31. The summed E-state index contributed by atoms with van der Waals surface area (Å²) in [4.78, 5) is 18.6. The molecule has 0 heterocycles. The van der Waals surface area contributed by atoms with Gasteiger partial charge < -0.3 is 17.4 Å². The van der Waals surface area contributed by atoms with Gasteiger partial charge in [-0.1, -0.05) is 0 Å². The minimum Gasteiger partial charge on any atom is -0.742 e. The predicted octanol–water partition coefficient (Wildman–Crippen LogP) is 0.540. The van der Waals surface area contributed by atoms with Crippen LogP contribution in [0.1, 0.15) is 13.8 Å². The zero-order valence-corrected chi connectivity index (χ0v) is 7.94. The number of hydrogen-bond donors (Lipinski definition) is 1. The Morgan fingerprint density at radius 1 is 1.33 bits per heavy atom. The Bertz CT molecular complexity index is 74.6. The van der Waals surface area contributed by atoms with E-state index in [1.54, 1.807) is 0 Å². The summed E-state index contributed by atoms with van der Waals surface area (Å²) in [5, 5.41) is -0.389. The molecule has 0 aromatic rings. The van der Waals surface area contributed by atoms with E-state index in [1.807, 2.05) is 0 Å². The second kappa shape index (κ2) is 11.3. The van der Waals surface area contributed by atoms with Crippen molar-refractivity contribution in [1.29, 1.82) is 0 Å². The molecule has 55 valence electrons. The van der Waals surface area contributed by atoms with Gasteiger partial charge in [0.2, 0.25) is 0 Å². The van der Waals surface area contributed by atoms with Crippen molar-refractivity contribution in [3.05, 3.63) is 0 Å². The summed E-state index contributed by atoms with van der Waals surface area (Å²) in [5.41, 5.74) is 0.